The minimum Gasteiger partial charge on any atom is -0.445 e. The van der Waals surface area contributed by atoms with Crippen molar-refractivity contribution in [3.63, 3.8) is 0 Å². The van der Waals surface area contributed by atoms with Crippen LogP contribution in [0.2, 0.25) is 0 Å². The number of amides is 1. The van der Waals surface area contributed by atoms with Crippen LogP contribution >= 0.6 is 10.7 Å². The Kier molecular flexibility index (Phi) is 7.28. The van der Waals surface area contributed by atoms with Gasteiger partial charge in [0.1, 0.15) is 6.61 Å². The van der Waals surface area contributed by atoms with Gasteiger partial charge in [0.05, 0.1) is 11.8 Å². The van der Waals surface area contributed by atoms with Crippen LogP contribution in [0.3, 0.4) is 0 Å². The predicted octanol–water partition coefficient (Wildman–Crippen LogP) is 4.00. The van der Waals surface area contributed by atoms with Crippen LogP contribution in [0.1, 0.15) is 30.0 Å². The Balaban J connectivity index is 1.94. The molecule has 0 bridgehead atoms. The molecule has 1 atom stereocenters. The molecule has 0 aliphatic rings. The maximum Gasteiger partial charge on any atom is 0.407 e. The average molecular weight is 382 g/mol. The summed E-state index contributed by atoms with van der Waals surface area (Å²) >= 11 is 0. The number of alkyl carbamates (subject to hydrolysis) is 1. The molecule has 2 rings (SSSR count). The topological polar surface area (TPSA) is 72.5 Å². The molecule has 134 valence electrons. The second-order valence-corrected chi connectivity index (χ2v) is 8.45. The molecule has 0 aromatic heterocycles. The van der Waals surface area contributed by atoms with Gasteiger partial charge in [-0.1, -0.05) is 60.7 Å². The first kappa shape index (κ1) is 19.3. The van der Waals surface area contributed by atoms with Crippen molar-refractivity contribution in [1.82, 2.24) is 5.32 Å². The summed E-state index contributed by atoms with van der Waals surface area (Å²) in [7, 11) is 1.70. The van der Waals surface area contributed by atoms with E-state index in [2.05, 4.69) is 5.32 Å². The van der Waals surface area contributed by atoms with Gasteiger partial charge in [-0.05, 0) is 24.0 Å². The monoisotopic (exact) mass is 381 g/mol. The third kappa shape index (κ3) is 7.58. The third-order valence-electron chi connectivity index (χ3n) is 3.59. The fraction of sp³-hybridized carbons (Fsp3) is 0.278. The second-order valence-electron chi connectivity index (χ2n) is 5.55. The number of rotatable bonds is 8. The molecule has 0 saturated carbocycles. The van der Waals surface area contributed by atoms with Crippen LogP contribution in [-0.2, 0) is 20.4 Å². The highest BCUT2D eigenvalue weighted by molar-refractivity contribution is 8.13. The predicted molar refractivity (Wildman–Crippen MR) is 97.8 cm³/mol. The van der Waals surface area contributed by atoms with E-state index in [1.165, 1.54) is 0 Å². The second kappa shape index (κ2) is 9.44. The molecule has 7 heteroatoms. The summed E-state index contributed by atoms with van der Waals surface area (Å²) in [5.41, 5.74) is 1.77. The van der Waals surface area contributed by atoms with Crippen molar-refractivity contribution in [3.05, 3.63) is 71.8 Å². The number of benzene rings is 2. The van der Waals surface area contributed by atoms with E-state index >= 15 is 0 Å². The van der Waals surface area contributed by atoms with Crippen LogP contribution in [0.15, 0.2) is 60.7 Å². The smallest absolute Gasteiger partial charge is 0.407 e. The quantitative estimate of drug-likeness (QED) is 0.701. The largest absolute Gasteiger partial charge is 0.445 e. The van der Waals surface area contributed by atoms with Gasteiger partial charge in [-0.15, -0.1) is 0 Å². The summed E-state index contributed by atoms with van der Waals surface area (Å²) < 4.78 is 27.4. The van der Waals surface area contributed by atoms with Gasteiger partial charge >= 0.3 is 6.09 Å². The molecule has 0 saturated heterocycles. The Morgan fingerprint density at radius 3 is 2.24 bits per heavy atom. The van der Waals surface area contributed by atoms with Crippen molar-refractivity contribution in [2.45, 2.75) is 25.5 Å². The van der Waals surface area contributed by atoms with E-state index in [0.29, 0.717) is 12.8 Å². The molecule has 2 aromatic carbocycles. The fourth-order valence-corrected chi connectivity index (χ4v) is 3.21. The number of nitrogens with one attached hydrogen (secondary N) is 1. The first-order valence-corrected chi connectivity index (χ1v) is 10.4. The maximum absolute atomic E-state index is 12.1. The van der Waals surface area contributed by atoms with Crippen LogP contribution in [0, 0.1) is 0 Å². The van der Waals surface area contributed by atoms with Crippen molar-refractivity contribution in [2.24, 2.45) is 0 Å². The lowest BCUT2D eigenvalue weighted by atomic mass is 10.0. The van der Waals surface area contributed by atoms with Crippen LogP contribution < -0.4 is 5.32 Å². The summed E-state index contributed by atoms with van der Waals surface area (Å²) in [5.74, 6) is -0.140. The first-order valence-electron chi connectivity index (χ1n) is 7.88. The molecule has 2 aromatic rings. The van der Waals surface area contributed by atoms with Crippen LogP contribution in [-0.4, -0.2) is 20.3 Å². The molecular weight excluding hydrogens is 362 g/mol. The van der Waals surface area contributed by atoms with E-state index in [0.717, 1.165) is 11.1 Å². The molecule has 1 amide bonds. The van der Waals surface area contributed by atoms with E-state index in [-0.39, 0.29) is 18.4 Å². The minimum atomic E-state index is -3.55. The molecule has 0 aliphatic heterocycles. The molecule has 5 nitrogen and oxygen atoms in total. The average Bonchev–Trinajstić information content (AvgIpc) is 2.60. The normalized spacial score (nSPS) is 12.4. The molecular formula is C18H20ClNO4S. The van der Waals surface area contributed by atoms with Gasteiger partial charge in [-0.3, -0.25) is 0 Å². The van der Waals surface area contributed by atoms with Crippen molar-refractivity contribution < 1.29 is 17.9 Å². The van der Waals surface area contributed by atoms with E-state index in [4.69, 9.17) is 15.4 Å². The Morgan fingerprint density at radius 1 is 1.04 bits per heavy atom. The molecule has 0 radical (unpaired) electrons. The Labute approximate surface area is 152 Å². The number of carbonyl (C=O) groups is 1. The number of hydrogen-bond donors (Lipinski definition) is 1. The molecule has 25 heavy (non-hydrogen) atoms. The highest BCUT2D eigenvalue weighted by Crippen LogP contribution is 2.19. The highest BCUT2D eigenvalue weighted by atomic mass is 35.7. The van der Waals surface area contributed by atoms with E-state index in [1.807, 2.05) is 60.7 Å². The molecule has 1 unspecified atom stereocenters. The van der Waals surface area contributed by atoms with Crippen molar-refractivity contribution in [2.75, 3.05) is 5.75 Å². The number of hydrogen-bond acceptors (Lipinski definition) is 4. The number of ether oxygens (including phenoxy) is 1. The van der Waals surface area contributed by atoms with E-state index < -0.39 is 15.1 Å². The van der Waals surface area contributed by atoms with Gasteiger partial charge < -0.3 is 10.1 Å². The van der Waals surface area contributed by atoms with Gasteiger partial charge in [0, 0.05) is 10.7 Å². The molecule has 0 aliphatic carbocycles. The van der Waals surface area contributed by atoms with Gasteiger partial charge in [-0.25, -0.2) is 13.2 Å². The van der Waals surface area contributed by atoms with Crippen LogP contribution in [0.4, 0.5) is 4.79 Å². The Hall–Kier alpha value is -2.05. The SMILES string of the molecule is O=C(NC(CCCS(=O)(=O)Cl)c1ccccc1)OCc1ccccc1. The molecule has 1 N–H and O–H groups in total. The van der Waals surface area contributed by atoms with Crippen molar-refractivity contribution >= 4 is 25.8 Å². The Bertz CT molecular complexity index is 766. The maximum atomic E-state index is 12.1. The summed E-state index contributed by atoms with van der Waals surface area (Å²) in [4.78, 5) is 12.1. The lowest BCUT2D eigenvalue weighted by molar-refractivity contribution is 0.135. The zero-order valence-electron chi connectivity index (χ0n) is 13.6. The minimum absolute atomic E-state index is 0.140. The third-order valence-corrected chi connectivity index (χ3v) is 4.83. The molecule has 0 heterocycles. The molecule has 0 spiro atoms. The van der Waals surface area contributed by atoms with Gasteiger partial charge in [0.2, 0.25) is 9.05 Å². The molecule has 0 fully saturated rings. The number of halogens is 1. The van der Waals surface area contributed by atoms with E-state index in [9.17, 15) is 13.2 Å². The lowest BCUT2D eigenvalue weighted by Crippen LogP contribution is -2.29. The lowest BCUT2D eigenvalue weighted by Gasteiger charge is -2.19. The van der Waals surface area contributed by atoms with Gasteiger partial charge in [0.25, 0.3) is 0 Å². The van der Waals surface area contributed by atoms with Crippen LogP contribution in [0.25, 0.3) is 0 Å². The summed E-state index contributed by atoms with van der Waals surface area (Å²) in [6, 6.07) is 18.4. The number of carbonyl (C=O) groups excluding carboxylic acids is 1. The van der Waals surface area contributed by atoms with E-state index in [1.54, 1.807) is 0 Å². The summed E-state index contributed by atoms with van der Waals surface area (Å²) in [6.45, 7) is 0.171. The Morgan fingerprint density at radius 2 is 1.64 bits per heavy atom. The summed E-state index contributed by atoms with van der Waals surface area (Å²) in [6.07, 6.45) is 0.229. The standard InChI is InChI=1S/C18H20ClNO4S/c19-25(22,23)13-7-12-17(16-10-5-2-6-11-16)20-18(21)24-14-15-8-3-1-4-9-15/h1-6,8-11,17H,7,12-14H2,(H,20,21). The first-order chi connectivity index (χ1) is 11.9. The highest BCUT2D eigenvalue weighted by Gasteiger charge is 2.16. The van der Waals surface area contributed by atoms with Gasteiger partial charge in [-0.2, -0.15) is 0 Å². The fourth-order valence-electron chi connectivity index (χ4n) is 2.37. The van der Waals surface area contributed by atoms with Crippen LogP contribution in [0.5, 0.6) is 0 Å². The summed E-state index contributed by atoms with van der Waals surface area (Å²) in [5, 5.41) is 2.79. The zero-order valence-corrected chi connectivity index (χ0v) is 15.2. The zero-order chi connectivity index (χ0) is 18.1. The van der Waals surface area contributed by atoms with Gasteiger partial charge in [0.15, 0.2) is 0 Å². The van der Waals surface area contributed by atoms with Crippen molar-refractivity contribution in [3.8, 4) is 0 Å². The van der Waals surface area contributed by atoms with Crippen molar-refractivity contribution in [1.29, 1.82) is 0 Å².